The Morgan fingerprint density at radius 3 is 2.54 bits per heavy atom. The van der Waals surface area contributed by atoms with Gasteiger partial charge in [0.05, 0.1) is 11.6 Å². The largest absolute Gasteiger partial charge is 0.340 e. The van der Waals surface area contributed by atoms with Gasteiger partial charge in [-0.3, -0.25) is 19.8 Å². The molecular formula is C27H27ClN4O2S. The second-order valence-corrected chi connectivity index (χ2v) is 10.3. The van der Waals surface area contributed by atoms with Crippen LogP contribution in [-0.2, 0) is 11.2 Å². The Morgan fingerprint density at radius 1 is 1.06 bits per heavy atom. The highest BCUT2D eigenvalue weighted by atomic mass is 35.5. The molecule has 0 saturated carbocycles. The number of piperazine rings is 1. The predicted molar refractivity (Wildman–Crippen MR) is 141 cm³/mol. The first-order valence-electron chi connectivity index (χ1n) is 11.9. The molecule has 1 aliphatic carbocycles. The lowest BCUT2D eigenvalue weighted by molar-refractivity contribution is -0.134. The molecule has 1 saturated heterocycles. The Kier molecular flexibility index (Phi) is 7.27. The number of nitrogens with one attached hydrogen (secondary N) is 1. The molecule has 0 bridgehead atoms. The molecule has 1 aliphatic heterocycles. The summed E-state index contributed by atoms with van der Waals surface area (Å²) >= 11 is 7.37. The minimum Gasteiger partial charge on any atom is -0.340 e. The van der Waals surface area contributed by atoms with Gasteiger partial charge in [-0.05, 0) is 42.7 Å². The van der Waals surface area contributed by atoms with E-state index in [1.807, 2.05) is 23.1 Å². The Balaban J connectivity index is 1.15. The molecule has 1 unspecified atom stereocenters. The average molecular weight is 507 g/mol. The third-order valence-electron chi connectivity index (χ3n) is 6.50. The molecule has 8 heteroatoms. The van der Waals surface area contributed by atoms with Gasteiger partial charge >= 0.3 is 0 Å². The summed E-state index contributed by atoms with van der Waals surface area (Å²) in [6.07, 6.45) is 5.94. The number of hydrogen-bond donors (Lipinski definition) is 1. The molecule has 35 heavy (non-hydrogen) atoms. The molecule has 2 heterocycles. The Bertz CT molecular complexity index is 1220. The number of amides is 2. The van der Waals surface area contributed by atoms with Crippen molar-refractivity contribution in [1.29, 1.82) is 0 Å². The van der Waals surface area contributed by atoms with Crippen LogP contribution in [0.2, 0.25) is 5.02 Å². The smallest absolute Gasteiger partial charge is 0.257 e. The Hall–Kier alpha value is -3.00. The van der Waals surface area contributed by atoms with E-state index in [2.05, 4.69) is 39.5 Å². The summed E-state index contributed by atoms with van der Waals surface area (Å²) < 4.78 is 0. The van der Waals surface area contributed by atoms with Crippen LogP contribution in [0.4, 0.5) is 5.13 Å². The zero-order valence-electron chi connectivity index (χ0n) is 19.3. The third kappa shape index (κ3) is 5.64. The highest BCUT2D eigenvalue weighted by molar-refractivity contribution is 7.16. The van der Waals surface area contributed by atoms with Gasteiger partial charge in [-0.1, -0.05) is 54.1 Å². The van der Waals surface area contributed by atoms with E-state index in [0.717, 1.165) is 56.1 Å². The second kappa shape index (κ2) is 10.7. The van der Waals surface area contributed by atoms with E-state index in [9.17, 15) is 9.59 Å². The van der Waals surface area contributed by atoms with Crippen LogP contribution in [0.15, 0.2) is 60.7 Å². The van der Waals surface area contributed by atoms with Crippen molar-refractivity contribution < 1.29 is 9.59 Å². The number of fused-ring (bicyclic) bond motifs is 1. The molecule has 1 aromatic heterocycles. The fourth-order valence-corrected chi connectivity index (χ4v) is 5.72. The van der Waals surface area contributed by atoms with E-state index < -0.39 is 0 Å². The van der Waals surface area contributed by atoms with Gasteiger partial charge in [0.1, 0.15) is 0 Å². The molecule has 2 aliphatic rings. The number of aryl methyl sites for hydroxylation is 1. The SMILES string of the molecule is O=C(Nc1nc2c(s1)CCC2C(=O)N1CCN(C/C=C/c2ccccc2)CC1)c1ccc(Cl)cc1. The summed E-state index contributed by atoms with van der Waals surface area (Å²) in [6, 6.07) is 17.0. The van der Waals surface area contributed by atoms with Gasteiger partial charge in [-0.25, -0.2) is 4.98 Å². The number of nitrogens with zero attached hydrogens (tertiary/aromatic N) is 3. The number of halogens is 1. The molecule has 0 spiro atoms. The number of aromatic nitrogens is 1. The molecule has 3 aromatic rings. The summed E-state index contributed by atoms with van der Waals surface area (Å²) in [5.74, 6) is -0.287. The highest BCUT2D eigenvalue weighted by Gasteiger charge is 2.36. The van der Waals surface area contributed by atoms with Crippen molar-refractivity contribution in [3.8, 4) is 0 Å². The van der Waals surface area contributed by atoms with Crippen molar-refractivity contribution in [3.63, 3.8) is 0 Å². The van der Waals surface area contributed by atoms with Gasteiger partial charge in [0.2, 0.25) is 5.91 Å². The maximum atomic E-state index is 13.3. The maximum absolute atomic E-state index is 13.3. The lowest BCUT2D eigenvalue weighted by Gasteiger charge is -2.35. The normalized spacial score (nSPS) is 18.1. The number of benzene rings is 2. The molecule has 2 amide bonds. The zero-order valence-corrected chi connectivity index (χ0v) is 20.9. The van der Waals surface area contributed by atoms with Crippen LogP contribution in [-0.4, -0.2) is 59.3 Å². The van der Waals surface area contributed by atoms with Crippen molar-refractivity contribution in [2.75, 3.05) is 38.0 Å². The molecule has 5 rings (SSSR count). The predicted octanol–water partition coefficient (Wildman–Crippen LogP) is 4.94. The lowest BCUT2D eigenvalue weighted by Crippen LogP contribution is -2.49. The zero-order chi connectivity index (χ0) is 24.2. The van der Waals surface area contributed by atoms with Gasteiger partial charge in [0, 0.05) is 48.2 Å². The Labute approximate surface area is 214 Å². The number of hydrogen-bond acceptors (Lipinski definition) is 5. The van der Waals surface area contributed by atoms with Crippen LogP contribution < -0.4 is 5.32 Å². The topological polar surface area (TPSA) is 65.5 Å². The number of carbonyl (C=O) groups is 2. The van der Waals surface area contributed by atoms with E-state index in [1.165, 1.54) is 16.9 Å². The number of carbonyl (C=O) groups excluding carboxylic acids is 2. The van der Waals surface area contributed by atoms with E-state index in [0.29, 0.717) is 15.7 Å². The fourth-order valence-electron chi connectivity index (χ4n) is 4.56. The summed E-state index contributed by atoms with van der Waals surface area (Å²) in [7, 11) is 0. The van der Waals surface area contributed by atoms with Crippen LogP contribution >= 0.6 is 22.9 Å². The molecule has 1 fully saturated rings. The molecule has 180 valence electrons. The Morgan fingerprint density at radius 2 is 1.80 bits per heavy atom. The quantitative estimate of drug-likeness (QED) is 0.514. The van der Waals surface area contributed by atoms with Crippen LogP contribution in [0, 0.1) is 0 Å². The van der Waals surface area contributed by atoms with Gasteiger partial charge in [0.15, 0.2) is 5.13 Å². The first kappa shape index (κ1) is 23.7. The summed E-state index contributed by atoms with van der Waals surface area (Å²) in [5, 5.41) is 4.00. The number of rotatable bonds is 6. The minimum absolute atomic E-state index is 0.157. The third-order valence-corrected chi connectivity index (χ3v) is 7.80. The molecule has 2 aromatic carbocycles. The van der Waals surface area contributed by atoms with Crippen molar-refractivity contribution in [2.45, 2.75) is 18.8 Å². The summed E-state index contributed by atoms with van der Waals surface area (Å²) in [6.45, 7) is 4.07. The average Bonchev–Trinajstić information content (AvgIpc) is 3.45. The van der Waals surface area contributed by atoms with Crippen LogP contribution in [0.25, 0.3) is 6.08 Å². The van der Waals surface area contributed by atoms with Gasteiger partial charge in [-0.15, -0.1) is 11.3 Å². The second-order valence-electron chi connectivity index (χ2n) is 8.82. The maximum Gasteiger partial charge on any atom is 0.257 e. The first-order chi connectivity index (χ1) is 17.1. The lowest BCUT2D eigenvalue weighted by atomic mass is 10.1. The van der Waals surface area contributed by atoms with Gasteiger partial charge in [-0.2, -0.15) is 0 Å². The minimum atomic E-state index is -0.227. The standard InChI is InChI=1S/C27H27ClN4O2S/c28-21-10-8-20(9-11-21)25(33)30-27-29-24-22(12-13-23(24)35-27)26(34)32-17-15-31(16-18-32)14-4-7-19-5-2-1-3-6-19/h1-11,22H,12-18H2,(H,29,30,33)/b7-4+. The van der Waals surface area contributed by atoms with E-state index in [-0.39, 0.29) is 17.7 Å². The molecular weight excluding hydrogens is 480 g/mol. The van der Waals surface area contributed by atoms with E-state index in [4.69, 9.17) is 11.6 Å². The molecule has 1 atom stereocenters. The van der Waals surface area contributed by atoms with E-state index in [1.54, 1.807) is 24.3 Å². The van der Waals surface area contributed by atoms with Crippen molar-refractivity contribution in [1.82, 2.24) is 14.8 Å². The van der Waals surface area contributed by atoms with Crippen LogP contribution in [0.5, 0.6) is 0 Å². The van der Waals surface area contributed by atoms with Gasteiger partial charge in [0.25, 0.3) is 5.91 Å². The molecule has 1 N–H and O–H groups in total. The number of thiazole rings is 1. The molecule has 0 radical (unpaired) electrons. The van der Waals surface area contributed by atoms with Crippen molar-refractivity contribution in [3.05, 3.63) is 87.4 Å². The van der Waals surface area contributed by atoms with Crippen LogP contribution in [0.3, 0.4) is 0 Å². The monoisotopic (exact) mass is 506 g/mol. The van der Waals surface area contributed by atoms with Crippen molar-refractivity contribution in [2.24, 2.45) is 0 Å². The summed E-state index contributed by atoms with van der Waals surface area (Å²) in [5.41, 5.74) is 2.55. The van der Waals surface area contributed by atoms with Crippen molar-refractivity contribution >= 4 is 46.0 Å². The van der Waals surface area contributed by atoms with Crippen LogP contribution in [0.1, 0.15) is 38.8 Å². The van der Waals surface area contributed by atoms with Gasteiger partial charge < -0.3 is 4.90 Å². The summed E-state index contributed by atoms with van der Waals surface area (Å²) in [4.78, 5) is 35.9. The first-order valence-corrected chi connectivity index (χ1v) is 13.1. The van der Waals surface area contributed by atoms with E-state index >= 15 is 0 Å². The highest BCUT2D eigenvalue weighted by Crippen LogP contribution is 2.39. The fraction of sp³-hybridized carbons (Fsp3) is 0.296. The molecule has 6 nitrogen and oxygen atoms in total. The number of anilines is 1.